The average molecular weight is 342 g/mol. The maximum atomic E-state index is 11.9. The molecule has 3 nitrogen and oxygen atoms in total. The van der Waals surface area contributed by atoms with Crippen molar-refractivity contribution in [1.82, 2.24) is 0 Å². The number of aliphatic imine (C=N–C) groups is 1. The smallest absolute Gasteiger partial charge is 0.363 e. The Hall–Kier alpha value is -2.20. The molecule has 21 heavy (non-hydrogen) atoms. The zero-order valence-corrected chi connectivity index (χ0v) is 12.9. The number of cyclic esters (lactones) is 1. The van der Waals surface area contributed by atoms with E-state index in [0.717, 1.165) is 21.2 Å². The third-order valence-electron chi connectivity index (χ3n) is 3.04. The van der Waals surface area contributed by atoms with Crippen LogP contribution in [0.15, 0.2) is 63.7 Å². The lowest BCUT2D eigenvalue weighted by Crippen LogP contribution is -2.05. The summed E-state index contributed by atoms with van der Waals surface area (Å²) in [6.07, 6.45) is 1.72. The third-order valence-corrected chi connectivity index (χ3v) is 3.53. The van der Waals surface area contributed by atoms with Crippen LogP contribution in [0.1, 0.15) is 16.7 Å². The van der Waals surface area contributed by atoms with Crippen LogP contribution < -0.4 is 0 Å². The van der Waals surface area contributed by atoms with Crippen molar-refractivity contribution in [1.29, 1.82) is 0 Å². The van der Waals surface area contributed by atoms with Crippen LogP contribution in [0.25, 0.3) is 6.08 Å². The lowest BCUT2D eigenvalue weighted by Gasteiger charge is -1.99. The second-order valence-corrected chi connectivity index (χ2v) is 5.68. The van der Waals surface area contributed by atoms with E-state index in [0.29, 0.717) is 11.6 Å². The molecule has 0 spiro atoms. The first-order valence-corrected chi connectivity index (χ1v) is 7.26. The van der Waals surface area contributed by atoms with Crippen LogP contribution in [0, 0.1) is 6.92 Å². The molecule has 3 rings (SSSR count). The molecule has 0 bridgehead atoms. The quantitative estimate of drug-likeness (QED) is 0.609. The second kappa shape index (κ2) is 5.66. The normalized spacial score (nSPS) is 16.0. The number of rotatable bonds is 2. The van der Waals surface area contributed by atoms with Gasteiger partial charge in [-0.1, -0.05) is 45.8 Å². The highest BCUT2D eigenvalue weighted by Gasteiger charge is 2.24. The molecule has 2 aromatic rings. The van der Waals surface area contributed by atoms with E-state index < -0.39 is 5.97 Å². The summed E-state index contributed by atoms with van der Waals surface area (Å²) in [4.78, 5) is 16.2. The summed E-state index contributed by atoms with van der Waals surface area (Å²) < 4.78 is 6.20. The van der Waals surface area contributed by atoms with Crippen LogP contribution in [-0.2, 0) is 9.53 Å². The van der Waals surface area contributed by atoms with Crippen LogP contribution in [-0.4, -0.2) is 11.9 Å². The van der Waals surface area contributed by atoms with Crippen molar-refractivity contribution < 1.29 is 9.53 Å². The highest BCUT2D eigenvalue weighted by atomic mass is 79.9. The molecule has 0 saturated carbocycles. The molecule has 0 N–H and O–H groups in total. The lowest BCUT2D eigenvalue weighted by molar-refractivity contribution is -0.129. The minimum atomic E-state index is -0.425. The van der Waals surface area contributed by atoms with Gasteiger partial charge in [0, 0.05) is 10.0 Å². The first-order chi connectivity index (χ1) is 10.1. The van der Waals surface area contributed by atoms with Crippen molar-refractivity contribution in [3.05, 3.63) is 75.4 Å². The first kappa shape index (κ1) is 13.8. The molecule has 104 valence electrons. The minimum Gasteiger partial charge on any atom is -0.402 e. The van der Waals surface area contributed by atoms with Gasteiger partial charge < -0.3 is 4.74 Å². The van der Waals surface area contributed by atoms with Gasteiger partial charge in [0.05, 0.1) is 0 Å². The van der Waals surface area contributed by atoms with E-state index in [1.807, 2.05) is 55.5 Å². The van der Waals surface area contributed by atoms with Gasteiger partial charge in [0.1, 0.15) is 0 Å². The fraction of sp³-hybridized carbons (Fsp3) is 0.0588. The molecule has 0 amide bonds. The maximum absolute atomic E-state index is 11.9. The summed E-state index contributed by atoms with van der Waals surface area (Å²) in [6.45, 7) is 1.99. The number of benzene rings is 2. The molecule has 0 fully saturated rings. The van der Waals surface area contributed by atoms with E-state index in [-0.39, 0.29) is 0 Å². The summed E-state index contributed by atoms with van der Waals surface area (Å²) in [5.41, 5.74) is 3.10. The number of esters is 1. The van der Waals surface area contributed by atoms with Gasteiger partial charge in [-0.05, 0) is 42.8 Å². The molecular weight excluding hydrogens is 330 g/mol. The molecule has 1 heterocycles. The Morgan fingerprint density at radius 2 is 1.95 bits per heavy atom. The number of carbonyl (C=O) groups excluding carboxylic acids is 1. The number of hydrogen-bond donors (Lipinski definition) is 0. The van der Waals surface area contributed by atoms with Gasteiger partial charge in [0.25, 0.3) is 0 Å². The Kier molecular flexibility index (Phi) is 3.71. The van der Waals surface area contributed by atoms with E-state index in [1.54, 1.807) is 6.08 Å². The lowest BCUT2D eigenvalue weighted by atomic mass is 10.1. The van der Waals surface area contributed by atoms with Crippen molar-refractivity contribution in [3.63, 3.8) is 0 Å². The van der Waals surface area contributed by atoms with Gasteiger partial charge in [-0.3, -0.25) is 0 Å². The summed E-state index contributed by atoms with van der Waals surface area (Å²) >= 11 is 3.40. The van der Waals surface area contributed by atoms with E-state index >= 15 is 0 Å². The maximum Gasteiger partial charge on any atom is 0.363 e. The second-order valence-electron chi connectivity index (χ2n) is 4.76. The Labute approximate surface area is 131 Å². The topological polar surface area (TPSA) is 38.7 Å². The van der Waals surface area contributed by atoms with Crippen LogP contribution in [0.3, 0.4) is 0 Å². The Morgan fingerprint density at radius 3 is 2.71 bits per heavy atom. The van der Waals surface area contributed by atoms with E-state index in [4.69, 9.17) is 4.74 Å². The van der Waals surface area contributed by atoms with Gasteiger partial charge in [0.2, 0.25) is 5.90 Å². The van der Waals surface area contributed by atoms with Crippen LogP contribution in [0.2, 0.25) is 0 Å². The molecule has 1 aliphatic rings. The first-order valence-electron chi connectivity index (χ1n) is 6.47. The summed E-state index contributed by atoms with van der Waals surface area (Å²) in [7, 11) is 0. The molecule has 2 aromatic carbocycles. The Morgan fingerprint density at radius 1 is 1.14 bits per heavy atom. The number of carbonyl (C=O) groups is 1. The van der Waals surface area contributed by atoms with Crippen molar-refractivity contribution in [3.8, 4) is 0 Å². The summed E-state index contributed by atoms with van der Waals surface area (Å²) in [5.74, 6) is -0.0728. The van der Waals surface area contributed by atoms with Gasteiger partial charge >= 0.3 is 5.97 Å². The monoisotopic (exact) mass is 341 g/mol. The number of hydrogen-bond acceptors (Lipinski definition) is 3. The van der Waals surface area contributed by atoms with Crippen LogP contribution in [0.4, 0.5) is 0 Å². The molecule has 0 radical (unpaired) electrons. The van der Waals surface area contributed by atoms with Gasteiger partial charge in [0.15, 0.2) is 5.70 Å². The fourth-order valence-corrected chi connectivity index (χ4v) is 2.48. The highest BCUT2D eigenvalue weighted by Crippen LogP contribution is 2.21. The predicted molar refractivity (Wildman–Crippen MR) is 85.9 cm³/mol. The molecule has 4 heteroatoms. The zero-order chi connectivity index (χ0) is 14.8. The number of ether oxygens (including phenoxy) is 1. The van der Waals surface area contributed by atoms with Crippen molar-refractivity contribution in [2.24, 2.45) is 4.99 Å². The van der Waals surface area contributed by atoms with Gasteiger partial charge in [-0.2, -0.15) is 0 Å². The highest BCUT2D eigenvalue weighted by molar-refractivity contribution is 9.10. The number of aryl methyl sites for hydroxylation is 1. The molecular formula is C17H12BrNO2. The van der Waals surface area contributed by atoms with Crippen LogP contribution in [0.5, 0.6) is 0 Å². The largest absolute Gasteiger partial charge is 0.402 e. The van der Waals surface area contributed by atoms with Crippen molar-refractivity contribution in [2.45, 2.75) is 6.92 Å². The third kappa shape index (κ3) is 3.11. The standard InChI is InChI=1S/C17H12BrNO2/c1-11-4-2-6-13(8-11)16-19-15(17(20)21-16)10-12-5-3-7-14(18)9-12/h2-10H,1H3/b15-10-. The fourth-order valence-electron chi connectivity index (χ4n) is 2.06. The van der Waals surface area contributed by atoms with Crippen molar-refractivity contribution >= 4 is 33.9 Å². The van der Waals surface area contributed by atoms with Gasteiger partial charge in [-0.25, -0.2) is 9.79 Å². The molecule has 0 atom stereocenters. The molecule has 0 saturated heterocycles. The predicted octanol–water partition coefficient (Wildman–Crippen LogP) is 4.10. The summed E-state index contributed by atoms with van der Waals surface area (Å²) in [5, 5.41) is 0. The summed E-state index contributed by atoms with van der Waals surface area (Å²) in [6, 6.07) is 15.4. The SMILES string of the molecule is Cc1cccc(C2=N/C(=C\c3cccc(Br)c3)C(=O)O2)c1. The molecule has 0 aromatic heterocycles. The minimum absolute atomic E-state index is 0.310. The van der Waals surface area contributed by atoms with Crippen LogP contribution >= 0.6 is 15.9 Å². The Balaban J connectivity index is 1.95. The van der Waals surface area contributed by atoms with Gasteiger partial charge in [-0.15, -0.1) is 0 Å². The average Bonchev–Trinajstić information content (AvgIpc) is 2.80. The van der Waals surface area contributed by atoms with E-state index in [2.05, 4.69) is 20.9 Å². The zero-order valence-electron chi connectivity index (χ0n) is 11.3. The van der Waals surface area contributed by atoms with Crippen molar-refractivity contribution in [2.75, 3.05) is 0 Å². The number of nitrogens with zero attached hydrogens (tertiary/aromatic N) is 1. The number of halogens is 1. The Bertz CT molecular complexity index is 778. The molecule has 1 aliphatic heterocycles. The molecule has 0 unspecified atom stereocenters. The molecule has 0 aliphatic carbocycles. The van der Waals surface area contributed by atoms with E-state index in [1.165, 1.54) is 0 Å². The van der Waals surface area contributed by atoms with E-state index in [9.17, 15) is 4.79 Å².